The predicted octanol–water partition coefficient (Wildman–Crippen LogP) is 6.87. The molecule has 1 atom stereocenters. The number of piperidine rings is 1. The number of anilines is 4. The second-order valence-corrected chi connectivity index (χ2v) is 12.9. The van der Waals surface area contributed by atoms with Crippen LogP contribution in [-0.2, 0) is 11.3 Å². The number of rotatable bonds is 9. The molecule has 0 bridgehead atoms. The van der Waals surface area contributed by atoms with Gasteiger partial charge in [0.25, 0.3) is 0 Å². The van der Waals surface area contributed by atoms with Crippen LogP contribution < -0.4 is 20.9 Å². The van der Waals surface area contributed by atoms with Crippen molar-refractivity contribution in [1.82, 2.24) is 29.6 Å². The van der Waals surface area contributed by atoms with Crippen molar-refractivity contribution >= 4 is 45.9 Å². The number of hydrogen-bond donors (Lipinski definition) is 3. The maximum atomic E-state index is 12.6. The fourth-order valence-corrected chi connectivity index (χ4v) is 6.78. The zero-order valence-electron chi connectivity index (χ0n) is 28.1. The average molecular weight is 671 g/mol. The van der Waals surface area contributed by atoms with Gasteiger partial charge in [-0.1, -0.05) is 31.6 Å². The summed E-state index contributed by atoms with van der Waals surface area (Å²) >= 11 is 0. The Hall–Kier alpha value is -5.62. The van der Waals surface area contributed by atoms with Gasteiger partial charge in [0.2, 0.25) is 5.91 Å². The van der Waals surface area contributed by atoms with Crippen molar-refractivity contribution in [2.75, 3.05) is 47.0 Å². The Bertz CT molecular complexity index is 1930. The van der Waals surface area contributed by atoms with E-state index < -0.39 is 0 Å². The lowest BCUT2D eigenvalue weighted by Gasteiger charge is -2.33. The molecule has 2 saturated heterocycles. The van der Waals surface area contributed by atoms with Crippen molar-refractivity contribution in [3.05, 3.63) is 97.5 Å². The molecule has 3 N–H and O–H groups in total. The van der Waals surface area contributed by atoms with Gasteiger partial charge in [-0.3, -0.25) is 14.7 Å². The van der Waals surface area contributed by atoms with Crippen LogP contribution in [0.5, 0.6) is 0 Å². The van der Waals surface area contributed by atoms with Gasteiger partial charge in [-0.25, -0.2) is 19.4 Å². The molecule has 5 aromatic rings. The third kappa shape index (κ3) is 7.81. The molecule has 2 aromatic carbocycles. The van der Waals surface area contributed by atoms with Gasteiger partial charge in [0, 0.05) is 61.2 Å². The molecule has 12 heteroatoms. The maximum absolute atomic E-state index is 12.6. The van der Waals surface area contributed by atoms with Gasteiger partial charge in [0.1, 0.15) is 5.82 Å². The van der Waals surface area contributed by atoms with Crippen LogP contribution in [0, 0.1) is 0 Å². The molecule has 7 rings (SSSR count). The van der Waals surface area contributed by atoms with Crippen LogP contribution in [0.1, 0.15) is 50.1 Å². The molecule has 3 amide bonds. The Balaban J connectivity index is 1.13. The SMILES string of the molecule is C=CC(=O)Nc1ccc(CN2CCCC(n3ncc4c(N5CCCCCC5)nc(-c5ccc(NC(=O)Nc6ccncc6)cc5)nc43)C2)cc1. The summed E-state index contributed by atoms with van der Waals surface area (Å²) < 4.78 is 2.11. The van der Waals surface area contributed by atoms with Crippen LogP contribution in [0.2, 0.25) is 0 Å². The van der Waals surface area contributed by atoms with Gasteiger partial charge < -0.3 is 20.9 Å². The highest BCUT2D eigenvalue weighted by Gasteiger charge is 2.27. The number of carbonyl (C=O) groups excluding carboxylic acids is 2. The van der Waals surface area contributed by atoms with Gasteiger partial charge >= 0.3 is 6.03 Å². The number of benzene rings is 2. The maximum Gasteiger partial charge on any atom is 0.323 e. The lowest BCUT2D eigenvalue weighted by molar-refractivity contribution is -0.111. The number of nitrogens with zero attached hydrogens (tertiary/aromatic N) is 7. The third-order valence-corrected chi connectivity index (χ3v) is 9.32. The summed E-state index contributed by atoms with van der Waals surface area (Å²) in [4.78, 5) is 43.4. The highest BCUT2D eigenvalue weighted by Crippen LogP contribution is 2.33. The van der Waals surface area contributed by atoms with Crippen LogP contribution in [0.15, 0.2) is 91.9 Å². The minimum absolute atomic E-state index is 0.164. The van der Waals surface area contributed by atoms with E-state index in [9.17, 15) is 9.59 Å². The number of urea groups is 1. The molecule has 0 aliphatic carbocycles. The number of fused-ring (bicyclic) bond motifs is 1. The summed E-state index contributed by atoms with van der Waals surface area (Å²) in [7, 11) is 0. The van der Waals surface area contributed by atoms with Gasteiger partial charge in [-0.05, 0) is 92.4 Å². The Labute approximate surface area is 291 Å². The minimum Gasteiger partial charge on any atom is -0.356 e. The van der Waals surface area contributed by atoms with E-state index in [1.165, 1.54) is 24.5 Å². The molecule has 1 unspecified atom stereocenters. The molecule has 12 nitrogen and oxygen atoms in total. The Morgan fingerprint density at radius 2 is 1.48 bits per heavy atom. The fraction of sp³-hybridized carbons (Fsp3) is 0.316. The lowest BCUT2D eigenvalue weighted by Crippen LogP contribution is -2.36. The molecule has 0 spiro atoms. The van der Waals surface area contributed by atoms with E-state index >= 15 is 0 Å². The molecular formula is C38H42N10O2. The predicted molar refractivity (Wildman–Crippen MR) is 197 cm³/mol. The summed E-state index contributed by atoms with van der Waals surface area (Å²) in [5, 5.41) is 14.5. The zero-order chi connectivity index (χ0) is 34.3. The number of pyridine rings is 1. The Morgan fingerprint density at radius 3 is 2.20 bits per heavy atom. The zero-order valence-corrected chi connectivity index (χ0v) is 28.1. The molecule has 256 valence electrons. The monoisotopic (exact) mass is 670 g/mol. The summed E-state index contributed by atoms with van der Waals surface area (Å²) in [6, 6.07) is 18.9. The summed E-state index contributed by atoms with van der Waals surface area (Å²) in [5.41, 5.74) is 4.99. The first-order valence-electron chi connectivity index (χ1n) is 17.4. The number of aromatic nitrogens is 5. The van der Waals surface area contributed by atoms with E-state index in [2.05, 4.69) is 54.1 Å². The van der Waals surface area contributed by atoms with Crippen molar-refractivity contribution in [3.8, 4) is 11.4 Å². The highest BCUT2D eigenvalue weighted by atomic mass is 16.2. The molecule has 0 saturated carbocycles. The van der Waals surface area contributed by atoms with Gasteiger partial charge in [-0.2, -0.15) is 5.10 Å². The van der Waals surface area contributed by atoms with Crippen LogP contribution in [-0.4, -0.2) is 67.7 Å². The smallest absolute Gasteiger partial charge is 0.323 e. The largest absolute Gasteiger partial charge is 0.356 e. The van der Waals surface area contributed by atoms with E-state index in [0.717, 1.165) is 86.5 Å². The van der Waals surface area contributed by atoms with Crippen LogP contribution in [0.3, 0.4) is 0 Å². The number of amides is 3. The van der Waals surface area contributed by atoms with Crippen molar-refractivity contribution in [2.24, 2.45) is 0 Å². The van der Waals surface area contributed by atoms with E-state index in [-0.39, 0.29) is 18.0 Å². The first-order valence-corrected chi connectivity index (χ1v) is 17.4. The second-order valence-electron chi connectivity index (χ2n) is 12.9. The van der Waals surface area contributed by atoms with Crippen molar-refractivity contribution in [3.63, 3.8) is 0 Å². The van der Waals surface area contributed by atoms with E-state index in [0.29, 0.717) is 17.2 Å². The van der Waals surface area contributed by atoms with Crippen molar-refractivity contribution in [1.29, 1.82) is 0 Å². The molecular weight excluding hydrogens is 628 g/mol. The van der Waals surface area contributed by atoms with Gasteiger partial charge in [0.05, 0.1) is 17.6 Å². The number of nitrogens with one attached hydrogen (secondary N) is 3. The fourth-order valence-electron chi connectivity index (χ4n) is 6.78. The van der Waals surface area contributed by atoms with Crippen LogP contribution >= 0.6 is 0 Å². The Kier molecular flexibility index (Phi) is 10.1. The Morgan fingerprint density at radius 1 is 0.800 bits per heavy atom. The van der Waals surface area contributed by atoms with Crippen LogP contribution in [0.4, 0.5) is 27.7 Å². The molecule has 2 aliphatic heterocycles. The number of likely N-dealkylation sites (tertiary alicyclic amines) is 1. The third-order valence-electron chi connectivity index (χ3n) is 9.32. The summed E-state index contributed by atoms with van der Waals surface area (Å²) in [5.74, 6) is 1.36. The molecule has 3 aromatic heterocycles. The molecule has 2 aliphatic rings. The minimum atomic E-state index is -0.329. The number of carbonyl (C=O) groups is 2. The van der Waals surface area contributed by atoms with Crippen molar-refractivity contribution in [2.45, 2.75) is 51.1 Å². The topological polar surface area (TPSA) is 133 Å². The van der Waals surface area contributed by atoms with Crippen molar-refractivity contribution < 1.29 is 9.59 Å². The van der Waals surface area contributed by atoms with Gasteiger partial charge in [0.15, 0.2) is 11.5 Å². The molecule has 2 fully saturated rings. The number of hydrogen-bond acceptors (Lipinski definition) is 8. The summed E-state index contributed by atoms with van der Waals surface area (Å²) in [6.45, 7) is 8.11. The van der Waals surface area contributed by atoms with Crippen LogP contribution in [0.25, 0.3) is 22.4 Å². The standard InChI is InChI=1S/C38H42N10O2/c1-2-34(49)41-29-13-9-27(10-14-29)25-46-21-7-8-32(26-46)48-37-33(24-40-48)36(47-22-5-3-4-6-23-47)44-35(45-37)28-11-15-30(16-12-28)42-38(50)43-31-17-19-39-20-18-31/h2,9-20,24,32H,1,3-8,21-23,25-26H2,(H,41,49)(H2,39,42,43,50). The first kappa shape index (κ1) is 32.9. The molecule has 5 heterocycles. The molecule has 0 radical (unpaired) electrons. The van der Waals surface area contributed by atoms with E-state index in [4.69, 9.17) is 15.1 Å². The highest BCUT2D eigenvalue weighted by molar-refractivity contribution is 6.00. The first-order chi connectivity index (χ1) is 24.5. The summed E-state index contributed by atoms with van der Waals surface area (Å²) in [6.07, 6.45) is 13.3. The normalized spacial score (nSPS) is 16.8. The van der Waals surface area contributed by atoms with E-state index in [1.54, 1.807) is 24.5 Å². The second kappa shape index (κ2) is 15.3. The average Bonchev–Trinajstić information content (AvgIpc) is 3.38. The lowest BCUT2D eigenvalue weighted by atomic mass is 10.0. The quantitative estimate of drug-likeness (QED) is 0.145. The van der Waals surface area contributed by atoms with Gasteiger partial charge in [-0.15, -0.1) is 0 Å². The molecule has 50 heavy (non-hydrogen) atoms. The van der Waals surface area contributed by atoms with E-state index in [1.807, 2.05) is 42.6 Å².